The molecule has 0 spiro atoms. The number of nitrogens with zero attached hydrogens (tertiary/aromatic N) is 4. The summed E-state index contributed by atoms with van der Waals surface area (Å²) in [5.74, 6) is 3.86. The van der Waals surface area contributed by atoms with Crippen LogP contribution in [0.2, 0.25) is 0 Å². The molecule has 2 aromatic heterocycles. The number of anilines is 1. The largest absolute Gasteiger partial charge is 0.497 e. The number of ether oxygens (including phenoxy) is 3. The third kappa shape index (κ3) is 4.54. The average Bonchev–Trinajstić information content (AvgIpc) is 3.38. The highest BCUT2D eigenvalue weighted by molar-refractivity contribution is 5.97. The minimum absolute atomic E-state index is 0.267. The van der Waals surface area contributed by atoms with Crippen LogP contribution >= 0.6 is 0 Å². The summed E-state index contributed by atoms with van der Waals surface area (Å²) in [5, 5.41) is 12.8. The van der Waals surface area contributed by atoms with Gasteiger partial charge in [0.25, 0.3) is 0 Å². The molecule has 1 atom stereocenters. The summed E-state index contributed by atoms with van der Waals surface area (Å²) in [6.45, 7) is 4.39. The van der Waals surface area contributed by atoms with E-state index in [1.54, 1.807) is 21.3 Å². The number of nitrogens with one attached hydrogen (secondary N) is 2. The van der Waals surface area contributed by atoms with Crippen molar-refractivity contribution in [1.82, 2.24) is 24.9 Å². The summed E-state index contributed by atoms with van der Waals surface area (Å²) in [7, 11) is 4.96. The average molecular weight is 489 g/mol. The number of piperidine rings is 1. The molecule has 0 radical (unpaired) electrons. The Kier molecular flexibility index (Phi) is 6.90. The monoisotopic (exact) mass is 488 g/mol. The zero-order valence-electron chi connectivity index (χ0n) is 21.2. The minimum atomic E-state index is 0.267. The van der Waals surface area contributed by atoms with Gasteiger partial charge in [-0.25, -0.2) is 9.97 Å². The van der Waals surface area contributed by atoms with Crippen molar-refractivity contribution < 1.29 is 14.2 Å². The third-order valence-corrected chi connectivity index (χ3v) is 6.55. The zero-order chi connectivity index (χ0) is 25.1. The fraction of sp³-hybridized carbons (Fsp3) is 0.370. The molecule has 2 N–H and O–H groups in total. The molecule has 0 unspecified atom stereocenters. The van der Waals surface area contributed by atoms with Gasteiger partial charge in [-0.15, -0.1) is 5.10 Å². The Hall–Kier alpha value is -3.85. The van der Waals surface area contributed by atoms with Gasteiger partial charge in [0.15, 0.2) is 11.5 Å². The van der Waals surface area contributed by atoms with Crippen LogP contribution in [-0.2, 0) is 6.54 Å². The van der Waals surface area contributed by atoms with Crippen molar-refractivity contribution in [3.63, 3.8) is 0 Å². The van der Waals surface area contributed by atoms with E-state index in [4.69, 9.17) is 29.3 Å². The number of aromatic nitrogens is 4. The second-order valence-electron chi connectivity index (χ2n) is 8.83. The summed E-state index contributed by atoms with van der Waals surface area (Å²) in [4.78, 5) is 9.98. The third-order valence-electron chi connectivity index (χ3n) is 6.55. The maximum atomic E-state index is 5.74. The number of hydrogen-bond donors (Lipinski definition) is 2. The van der Waals surface area contributed by atoms with E-state index in [1.807, 2.05) is 47.9 Å². The van der Waals surface area contributed by atoms with E-state index in [1.165, 1.54) is 0 Å². The lowest BCUT2D eigenvalue weighted by Gasteiger charge is -2.19. The van der Waals surface area contributed by atoms with Crippen molar-refractivity contribution >= 4 is 28.6 Å². The van der Waals surface area contributed by atoms with Gasteiger partial charge < -0.3 is 24.8 Å². The Morgan fingerprint density at radius 1 is 1.08 bits per heavy atom. The van der Waals surface area contributed by atoms with E-state index in [2.05, 4.69) is 16.7 Å². The first-order valence-corrected chi connectivity index (χ1v) is 12.2. The van der Waals surface area contributed by atoms with Crippen molar-refractivity contribution in [2.24, 2.45) is 0 Å². The maximum Gasteiger partial charge on any atom is 0.226 e. The van der Waals surface area contributed by atoms with Crippen LogP contribution in [0.1, 0.15) is 42.6 Å². The van der Waals surface area contributed by atoms with Gasteiger partial charge in [-0.05, 0) is 56.1 Å². The normalized spacial score (nSPS) is 16.1. The molecule has 5 rings (SSSR count). The van der Waals surface area contributed by atoms with E-state index in [0.29, 0.717) is 18.2 Å². The molecule has 1 saturated heterocycles. The van der Waals surface area contributed by atoms with E-state index in [0.717, 1.165) is 70.9 Å². The molecule has 9 nitrogen and oxygen atoms in total. The van der Waals surface area contributed by atoms with E-state index >= 15 is 0 Å². The Labute approximate surface area is 210 Å². The molecular formula is C27H32N6O3. The Bertz CT molecular complexity index is 1410. The van der Waals surface area contributed by atoms with Crippen molar-refractivity contribution in [3.8, 4) is 17.2 Å². The van der Waals surface area contributed by atoms with Crippen LogP contribution in [0.25, 0.3) is 22.6 Å². The molecule has 4 aromatic rings. The molecule has 0 saturated carbocycles. The lowest BCUT2D eigenvalue weighted by molar-refractivity contribution is 0.391. The molecule has 0 aliphatic carbocycles. The van der Waals surface area contributed by atoms with Gasteiger partial charge >= 0.3 is 0 Å². The topological polar surface area (TPSA) is 94.8 Å². The Balaban J connectivity index is 1.63. The summed E-state index contributed by atoms with van der Waals surface area (Å²) in [5.41, 5.74) is 3.50. The fourth-order valence-corrected chi connectivity index (χ4v) is 4.69. The van der Waals surface area contributed by atoms with Crippen LogP contribution in [-0.4, -0.2) is 54.0 Å². The van der Waals surface area contributed by atoms with Gasteiger partial charge in [-0.1, -0.05) is 12.2 Å². The molecule has 1 aliphatic heterocycles. The lowest BCUT2D eigenvalue weighted by Crippen LogP contribution is -2.29. The molecule has 9 heteroatoms. The van der Waals surface area contributed by atoms with Gasteiger partial charge in [0.2, 0.25) is 5.95 Å². The van der Waals surface area contributed by atoms with Crippen LogP contribution in [0.15, 0.2) is 36.4 Å². The van der Waals surface area contributed by atoms with Gasteiger partial charge in [-0.3, -0.25) is 0 Å². The van der Waals surface area contributed by atoms with Crippen LogP contribution in [0.3, 0.4) is 0 Å². The summed E-state index contributed by atoms with van der Waals surface area (Å²) < 4.78 is 18.5. The number of fused-ring (bicyclic) bond motifs is 3. The highest BCUT2D eigenvalue weighted by Gasteiger charge is 2.23. The second-order valence-corrected chi connectivity index (χ2v) is 8.83. The smallest absolute Gasteiger partial charge is 0.226 e. The van der Waals surface area contributed by atoms with Crippen LogP contribution in [0, 0.1) is 0 Å². The van der Waals surface area contributed by atoms with Crippen LogP contribution < -0.4 is 24.8 Å². The highest BCUT2D eigenvalue weighted by atomic mass is 16.5. The molecule has 1 fully saturated rings. The van der Waals surface area contributed by atoms with Crippen molar-refractivity contribution in [2.45, 2.75) is 32.2 Å². The van der Waals surface area contributed by atoms with Crippen molar-refractivity contribution in [2.75, 3.05) is 39.7 Å². The molecule has 36 heavy (non-hydrogen) atoms. The second kappa shape index (κ2) is 10.4. The predicted molar refractivity (Wildman–Crippen MR) is 141 cm³/mol. The highest BCUT2D eigenvalue weighted by Crippen LogP contribution is 2.33. The summed E-state index contributed by atoms with van der Waals surface area (Å²) in [6.07, 6.45) is 6.23. The Morgan fingerprint density at radius 3 is 2.67 bits per heavy atom. The molecule has 0 amide bonds. The predicted octanol–water partition coefficient (Wildman–Crippen LogP) is 4.42. The van der Waals surface area contributed by atoms with Crippen molar-refractivity contribution in [1.29, 1.82) is 0 Å². The van der Waals surface area contributed by atoms with Gasteiger partial charge in [0, 0.05) is 36.0 Å². The SMILES string of the molecule is C/C=C/c1cc(OC)c2nc(NCc3ccc(OC)cc3OC)n3nc([C@@H]4CCCNC4)nc3c2c1. The van der Waals surface area contributed by atoms with Crippen molar-refractivity contribution in [3.05, 3.63) is 53.4 Å². The standard InChI is InChI=1S/C27H32N6O3/c1-5-7-17-12-21-24(23(13-17)36-4)30-27(29-16-18-9-10-20(34-2)14-22(18)35-3)33-26(21)31-25(32-33)19-8-6-11-28-15-19/h5,7,9-10,12-14,19,28H,6,8,11,15-16H2,1-4H3,(H,29,30)/b7-5+/t19-/m1/s1. The molecule has 3 heterocycles. The van der Waals surface area contributed by atoms with Gasteiger partial charge in [0.1, 0.15) is 22.8 Å². The zero-order valence-corrected chi connectivity index (χ0v) is 21.2. The Morgan fingerprint density at radius 2 is 1.94 bits per heavy atom. The number of methoxy groups -OCH3 is 3. The van der Waals surface area contributed by atoms with Gasteiger partial charge in [0.05, 0.1) is 21.3 Å². The first-order chi connectivity index (χ1) is 17.6. The van der Waals surface area contributed by atoms with Crippen LogP contribution in [0.4, 0.5) is 5.95 Å². The van der Waals surface area contributed by atoms with E-state index < -0.39 is 0 Å². The summed E-state index contributed by atoms with van der Waals surface area (Å²) in [6, 6.07) is 9.85. The molecule has 0 bridgehead atoms. The fourth-order valence-electron chi connectivity index (χ4n) is 4.69. The lowest BCUT2D eigenvalue weighted by atomic mass is 9.99. The minimum Gasteiger partial charge on any atom is -0.497 e. The molecule has 2 aromatic carbocycles. The number of hydrogen-bond acceptors (Lipinski definition) is 8. The van der Waals surface area contributed by atoms with E-state index in [-0.39, 0.29) is 5.92 Å². The number of rotatable bonds is 8. The summed E-state index contributed by atoms with van der Waals surface area (Å²) >= 11 is 0. The van der Waals surface area contributed by atoms with Crippen LogP contribution in [0.5, 0.6) is 17.2 Å². The first-order valence-electron chi connectivity index (χ1n) is 12.2. The number of benzene rings is 2. The molecule has 188 valence electrons. The molecular weight excluding hydrogens is 456 g/mol. The quantitative estimate of drug-likeness (QED) is 0.377. The number of allylic oxidation sites excluding steroid dienone is 1. The van der Waals surface area contributed by atoms with E-state index in [9.17, 15) is 0 Å². The first kappa shape index (κ1) is 23.9. The maximum absolute atomic E-state index is 5.74. The molecule has 1 aliphatic rings. The van der Waals surface area contributed by atoms with Gasteiger partial charge in [-0.2, -0.15) is 4.52 Å².